The van der Waals surface area contributed by atoms with Gasteiger partial charge >= 0.3 is 0 Å². The van der Waals surface area contributed by atoms with Gasteiger partial charge in [0.1, 0.15) is 19.8 Å². The number of hydrogen-bond donors (Lipinski definition) is 0. The van der Waals surface area contributed by atoms with Gasteiger partial charge in [0.15, 0.2) is 12.3 Å². The maximum Gasteiger partial charge on any atom is 0.280 e. The highest BCUT2D eigenvalue weighted by Crippen LogP contribution is 2.33. The second kappa shape index (κ2) is 11.5. The van der Waals surface area contributed by atoms with E-state index in [-0.39, 0.29) is 12.0 Å². The van der Waals surface area contributed by atoms with E-state index in [9.17, 15) is 0 Å². The van der Waals surface area contributed by atoms with Crippen LogP contribution in [0.3, 0.4) is 0 Å². The predicted octanol–water partition coefficient (Wildman–Crippen LogP) is 5.56. The minimum absolute atomic E-state index is 0.166. The standard InChI is InChI=1S/C26H31N3O4/c1-19(20-12-14-22(15-13-20)21-8-4-3-5-9-21)33-27-18-23-10-6-7-11-24(23)25(28-30-2)26-29-32-17-16-31-26/h6-7,10-15,18-19,21H,3-5,8-9,16-17H2,1-2H3. The number of hydrogen-bond acceptors (Lipinski definition) is 7. The summed E-state index contributed by atoms with van der Waals surface area (Å²) in [6, 6.07) is 16.4. The Balaban J connectivity index is 1.44. The molecule has 7 nitrogen and oxygen atoms in total. The lowest BCUT2D eigenvalue weighted by atomic mass is 9.84. The van der Waals surface area contributed by atoms with Crippen molar-refractivity contribution < 1.29 is 19.2 Å². The van der Waals surface area contributed by atoms with Crippen LogP contribution < -0.4 is 0 Å². The van der Waals surface area contributed by atoms with E-state index in [1.807, 2.05) is 31.2 Å². The first-order valence-corrected chi connectivity index (χ1v) is 11.6. The lowest BCUT2D eigenvalue weighted by Gasteiger charge is -2.22. The van der Waals surface area contributed by atoms with Crippen molar-refractivity contribution in [2.24, 2.45) is 15.5 Å². The van der Waals surface area contributed by atoms with E-state index in [2.05, 4.69) is 39.7 Å². The molecule has 0 N–H and O–H groups in total. The van der Waals surface area contributed by atoms with Gasteiger partial charge in [-0.1, -0.05) is 78.1 Å². The van der Waals surface area contributed by atoms with Crippen molar-refractivity contribution in [1.82, 2.24) is 0 Å². The number of rotatable bonds is 8. The van der Waals surface area contributed by atoms with Crippen LogP contribution in [0.25, 0.3) is 0 Å². The van der Waals surface area contributed by atoms with Crippen molar-refractivity contribution in [1.29, 1.82) is 0 Å². The molecule has 0 amide bonds. The fraction of sp³-hybridized carbons (Fsp3) is 0.423. The van der Waals surface area contributed by atoms with E-state index >= 15 is 0 Å². The van der Waals surface area contributed by atoms with Gasteiger partial charge < -0.3 is 19.2 Å². The quantitative estimate of drug-likeness (QED) is 0.391. The minimum atomic E-state index is -0.166. The van der Waals surface area contributed by atoms with Crippen molar-refractivity contribution in [2.75, 3.05) is 20.3 Å². The zero-order valence-corrected chi connectivity index (χ0v) is 19.3. The first-order valence-electron chi connectivity index (χ1n) is 11.6. The SMILES string of the molecule is CON=C(C1=NOCCO1)c1ccccc1C=NOC(C)c1ccc(C2CCCCC2)cc1. The monoisotopic (exact) mass is 449 g/mol. The third kappa shape index (κ3) is 5.92. The fourth-order valence-electron chi connectivity index (χ4n) is 4.25. The average Bonchev–Trinajstić information content (AvgIpc) is 2.89. The topological polar surface area (TPSA) is 74.0 Å². The molecule has 1 aliphatic heterocycles. The van der Waals surface area contributed by atoms with Gasteiger partial charge in [-0.15, -0.1) is 0 Å². The number of ether oxygens (including phenoxy) is 1. The van der Waals surface area contributed by atoms with Gasteiger partial charge in [0.25, 0.3) is 5.90 Å². The summed E-state index contributed by atoms with van der Waals surface area (Å²) in [6.07, 6.45) is 8.14. The molecule has 1 atom stereocenters. The molecule has 1 heterocycles. The molecule has 0 spiro atoms. The second-order valence-corrected chi connectivity index (χ2v) is 8.27. The molecule has 1 aliphatic carbocycles. The summed E-state index contributed by atoms with van der Waals surface area (Å²) in [5.74, 6) is 0.973. The second-order valence-electron chi connectivity index (χ2n) is 8.27. The van der Waals surface area contributed by atoms with Crippen LogP contribution in [0.1, 0.15) is 73.3 Å². The molecule has 0 radical (unpaired) electrons. The molecule has 1 fully saturated rings. The van der Waals surface area contributed by atoms with Crippen LogP contribution in [0.15, 0.2) is 64.0 Å². The number of benzene rings is 2. The fourth-order valence-corrected chi connectivity index (χ4v) is 4.25. The Morgan fingerprint density at radius 2 is 1.85 bits per heavy atom. The molecular weight excluding hydrogens is 418 g/mol. The summed E-state index contributed by atoms with van der Waals surface area (Å²) in [6.45, 7) is 2.80. The van der Waals surface area contributed by atoms with E-state index in [0.717, 1.165) is 16.7 Å². The first kappa shape index (κ1) is 22.8. The van der Waals surface area contributed by atoms with E-state index in [1.54, 1.807) is 6.21 Å². The van der Waals surface area contributed by atoms with Crippen molar-refractivity contribution in [3.05, 3.63) is 70.8 Å². The number of nitrogens with zero attached hydrogens (tertiary/aromatic N) is 3. The van der Waals surface area contributed by atoms with E-state index in [0.29, 0.717) is 24.8 Å². The third-order valence-electron chi connectivity index (χ3n) is 6.06. The molecule has 7 heteroatoms. The number of oxime groups is 3. The Morgan fingerprint density at radius 3 is 2.58 bits per heavy atom. The van der Waals surface area contributed by atoms with Crippen molar-refractivity contribution in [2.45, 2.75) is 51.0 Å². The zero-order chi connectivity index (χ0) is 22.9. The predicted molar refractivity (Wildman–Crippen MR) is 129 cm³/mol. The molecule has 2 aliphatic rings. The van der Waals surface area contributed by atoms with Crippen LogP contribution in [-0.2, 0) is 19.2 Å². The molecular formula is C26H31N3O4. The van der Waals surface area contributed by atoms with Crippen molar-refractivity contribution in [3.63, 3.8) is 0 Å². The van der Waals surface area contributed by atoms with Crippen LogP contribution in [0.5, 0.6) is 0 Å². The Morgan fingerprint density at radius 1 is 1.06 bits per heavy atom. The lowest BCUT2D eigenvalue weighted by molar-refractivity contribution is 0.0672. The van der Waals surface area contributed by atoms with Crippen molar-refractivity contribution >= 4 is 17.8 Å². The van der Waals surface area contributed by atoms with Gasteiger partial charge in [-0.3, -0.25) is 0 Å². The highest BCUT2D eigenvalue weighted by Gasteiger charge is 2.21. The molecule has 1 saturated carbocycles. The molecule has 1 unspecified atom stereocenters. The molecule has 174 valence electrons. The van der Waals surface area contributed by atoms with Gasteiger partial charge in [0.2, 0.25) is 0 Å². The highest BCUT2D eigenvalue weighted by atomic mass is 16.7. The first-order chi connectivity index (χ1) is 16.3. The summed E-state index contributed by atoms with van der Waals surface area (Å²) in [5, 5.41) is 12.3. The van der Waals surface area contributed by atoms with Gasteiger partial charge in [0, 0.05) is 11.1 Å². The van der Waals surface area contributed by atoms with Gasteiger partial charge in [-0.2, -0.15) is 0 Å². The molecule has 2 aromatic rings. The maximum absolute atomic E-state index is 5.77. The van der Waals surface area contributed by atoms with Crippen LogP contribution in [0.2, 0.25) is 0 Å². The summed E-state index contributed by atoms with van der Waals surface area (Å²) in [7, 11) is 1.48. The van der Waals surface area contributed by atoms with Crippen molar-refractivity contribution in [3.8, 4) is 0 Å². The molecule has 2 aromatic carbocycles. The zero-order valence-electron chi connectivity index (χ0n) is 19.3. The minimum Gasteiger partial charge on any atom is -0.470 e. The Labute approximate surface area is 195 Å². The summed E-state index contributed by atoms with van der Waals surface area (Å²) in [5.41, 5.74) is 4.52. The Kier molecular flexibility index (Phi) is 7.95. The Bertz CT molecular complexity index is 995. The molecule has 33 heavy (non-hydrogen) atoms. The maximum atomic E-state index is 5.77. The van der Waals surface area contributed by atoms with E-state index in [4.69, 9.17) is 19.2 Å². The Hall–Kier alpha value is -3.35. The highest BCUT2D eigenvalue weighted by molar-refractivity contribution is 6.46. The lowest BCUT2D eigenvalue weighted by Crippen LogP contribution is -2.26. The molecule has 4 rings (SSSR count). The largest absolute Gasteiger partial charge is 0.470 e. The molecule has 0 bridgehead atoms. The van der Waals surface area contributed by atoms with Gasteiger partial charge in [-0.05, 0) is 42.0 Å². The third-order valence-corrected chi connectivity index (χ3v) is 6.06. The molecule has 0 saturated heterocycles. The summed E-state index contributed by atoms with van der Waals surface area (Å²) < 4.78 is 5.59. The van der Waals surface area contributed by atoms with Crippen LogP contribution in [0.4, 0.5) is 0 Å². The smallest absolute Gasteiger partial charge is 0.280 e. The molecule has 0 aromatic heterocycles. The summed E-state index contributed by atoms with van der Waals surface area (Å²) in [4.78, 5) is 15.9. The summed E-state index contributed by atoms with van der Waals surface area (Å²) >= 11 is 0. The van der Waals surface area contributed by atoms with Gasteiger partial charge in [0.05, 0.1) is 6.21 Å². The van der Waals surface area contributed by atoms with E-state index < -0.39 is 0 Å². The normalized spacial score (nSPS) is 18.2. The van der Waals surface area contributed by atoms with Crippen LogP contribution in [-0.4, -0.2) is 38.1 Å². The van der Waals surface area contributed by atoms with Gasteiger partial charge in [-0.25, -0.2) is 0 Å². The van der Waals surface area contributed by atoms with E-state index in [1.165, 1.54) is 44.8 Å². The van der Waals surface area contributed by atoms with Crippen LogP contribution >= 0.6 is 0 Å². The van der Waals surface area contributed by atoms with Crippen LogP contribution in [0, 0.1) is 0 Å². The average molecular weight is 450 g/mol.